The van der Waals surface area contributed by atoms with Crippen molar-refractivity contribution in [2.45, 2.75) is 50.0 Å². The fourth-order valence-electron chi connectivity index (χ4n) is 5.14. The number of hydrogen-bond donors (Lipinski definition) is 1. The molecule has 2 bridgehead atoms. The van der Waals surface area contributed by atoms with Crippen LogP contribution in [0.3, 0.4) is 0 Å². The molecule has 0 spiro atoms. The molecule has 0 aromatic heterocycles. The number of hydrazine groups is 1. The number of ether oxygens (including phenoxy) is 1. The zero-order chi connectivity index (χ0) is 13.7. The molecular weight excluding hydrogens is 248 g/mol. The summed E-state index contributed by atoms with van der Waals surface area (Å²) in [6.45, 7) is 1.04. The minimum absolute atomic E-state index is 0.376. The lowest BCUT2D eigenvalue weighted by Gasteiger charge is -2.58. The SMILES string of the molecule is COc1ccc2c(c1)C13CCCCC1C(C2)N(N)CC3. The minimum atomic E-state index is 0.376. The van der Waals surface area contributed by atoms with E-state index in [9.17, 15) is 0 Å². The highest BCUT2D eigenvalue weighted by Crippen LogP contribution is 2.55. The Kier molecular flexibility index (Phi) is 2.83. The first kappa shape index (κ1) is 12.7. The predicted molar refractivity (Wildman–Crippen MR) is 79.6 cm³/mol. The molecule has 1 saturated heterocycles. The Morgan fingerprint density at radius 1 is 1.30 bits per heavy atom. The van der Waals surface area contributed by atoms with Gasteiger partial charge in [0, 0.05) is 18.0 Å². The number of nitrogens with zero attached hydrogens (tertiary/aromatic N) is 1. The number of fused-ring (bicyclic) bond motifs is 1. The summed E-state index contributed by atoms with van der Waals surface area (Å²) >= 11 is 0. The summed E-state index contributed by atoms with van der Waals surface area (Å²) in [7, 11) is 1.77. The van der Waals surface area contributed by atoms with E-state index in [4.69, 9.17) is 10.6 Å². The summed E-state index contributed by atoms with van der Waals surface area (Å²) in [4.78, 5) is 0. The molecule has 3 heteroatoms. The van der Waals surface area contributed by atoms with Gasteiger partial charge in [-0.15, -0.1) is 0 Å². The number of benzene rings is 1. The highest BCUT2D eigenvalue weighted by molar-refractivity contribution is 5.45. The molecule has 4 rings (SSSR count). The summed E-state index contributed by atoms with van der Waals surface area (Å²) in [5.74, 6) is 8.07. The van der Waals surface area contributed by atoms with E-state index in [0.717, 1.165) is 24.6 Å². The first-order chi connectivity index (χ1) is 9.74. The second kappa shape index (κ2) is 4.47. The molecule has 1 aliphatic heterocycles. The van der Waals surface area contributed by atoms with E-state index >= 15 is 0 Å². The summed E-state index contributed by atoms with van der Waals surface area (Å²) < 4.78 is 5.48. The van der Waals surface area contributed by atoms with Crippen LogP contribution in [0.15, 0.2) is 18.2 Å². The Hall–Kier alpha value is -1.06. The van der Waals surface area contributed by atoms with Crippen molar-refractivity contribution < 1.29 is 4.74 Å². The lowest BCUT2D eigenvalue weighted by atomic mass is 9.52. The molecule has 0 amide bonds. The number of piperidine rings is 1. The number of rotatable bonds is 1. The molecule has 2 aliphatic carbocycles. The highest BCUT2D eigenvalue weighted by atomic mass is 16.5. The predicted octanol–water partition coefficient (Wildman–Crippen LogP) is 2.63. The van der Waals surface area contributed by atoms with Crippen molar-refractivity contribution >= 4 is 0 Å². The normalized spacial score (nSPS) is 36.1. The van der Waals surface area contributed by atoms with Crippen LogP contribution in [-0.2, 0) is 11.8 Å². The largest absolute Gasteiger partial charge is 0.497 e. The topological polar surface area (TPSA) is 38.5 Å². The maximum Gasteiger partial charge on any atom is 0.119 e. The van der Waals surface area contributed by atoms with Gasteiger partial charge in [0.1, 0.15) is 5.75 Å². The number of nitrogens with two attached hydrogens (primary N) is 1. The standard InChI is InChI=1S/C17H24N2O/c1-20-13-6-5-12-10-16-14-4-2-3-7-17(14,15(12)11-13)8-9-19(16)18/h5-6,11,14,16H,2-4,7-10,18H2,1H3. The van der Waals surface area contributed by atoms with E-state index in [2.05, 4.69) is 23.2 Å². The first-order valence-electron chi connectivity index (χ1n) is 7.93. The van der Waals surface area contributed by atoms with Gasteiger partial charge in [0.15, 0.2) is 0 Å². The van der Waals surface area contributed by atoms with Gasteiger partial charge < -0.3 is 4.74 Å². The molecule has 3 nitrogen and oxygen atoms in total. The molecule has 1 aromatic rings. The monoisotopic (exact) mass is 272 g/mol. The zero-order valence-electron chi connectivity index (χ0n) is 12.3. The van der Waals surface area contributed by atoms with Crippen molar-refractivity contribution in [2.24, 2.45) is 11.8 Å². The van der Waals surface area contributed by atoms with Crippen LogP contribution in [0.5, 0.6) is 5.75 Å². The van der Waals surface area contributed by atoms with Crippen molar-refractivity contribution in [3.63, 3.8) is 0 Å². The molecule has 20 heavy (non-hydrogen) atoms. The third kappa shape index (κ3) is 1.60. The van der Waals surface area contributed by atoms with Crippen LogP contribution >= 0.6 is 0 Å². The zero-order valence-corrected chi connectivity index (χ0v) is 12.3. The van der Waals surface area contributed by atoms with Crippen molar-refractivity contribution in [1.29, 1.82) is 0 Å². The van der Waals surface area contributed by atoms with Crippen molar-refractivity contribution in [1.82, 2.24) is 5.01 Å². The van der Waals surface area contributed by atoms with Gasteiger partial charge in [0.05, 0.1) is 7.11 Å². The summed E-state index contributed by atoms with van der Waals surface area (Å²) in [6.07, 6.45) is 7.74. The van der Waals surface area contributed by atoms with Crippen molar-refractivity contribution in [2.75, 3.05) is 13.7 Å². The average molecular weight is 272 g/mol. The number of hydrogen-bond acceptors (Lipinski definition) is 3. The first-order valence-corrected chi connectivity index (χ1v) is 7.93. The molecular formula is C17H24N2O. The molecule has 0 radical (unpaired) electrons. The third-order valence-electron chi connectivity index (χ3n) is 6.09. The van der Waals surface area contributed by atoms with Gasteiger partial charge in [-0.1, -0.05) is 18.9 Å². The van der Waals surface area contributed by atoms with Gasteiger partial charge in [-0.3, -0.25) is 5.84 Å². The van der Waals surface area contributed by atoms with Crippen LogP contribution in [0.4, 0.5) is 0 Å². The molecule has 2 N–H and O–H groups in total. The van der Waals surface area contributed by atoms with Crippen LogP contribution in [0, 0.1) is 5.92 Å². The van der Waals surface area contributed by atoms with Gasteiger partial charge in [-0.05, 0) is 54.9 Å². The average Bonchev–Trinajstić information content (AvgIpc) is 2.50. The van der Waals surface area contributed by atoms with E-state index in [0.29, 0.717) is 11.5 Å². The van der Waals surface area contributed by atoms with E-state index in [1.165, 1.54) is 37.7 Å². The Morgan fingerprint density at radius 2 is 2.20 bits per heavy atom. The Bertz CT molecular complexity index is 530. The molecule has 1 aromatic carbocycles. The fourth-order valence-corrected chi connectivity index (χ4v) is 5.14. The van der Waals surface area contributed by atoms with E-state index < -0.39 is 0 Å². The van der Waals surface area contributed by atoms with Crippen LogP contribution in [0.25, 0.3) is 0 Å². The molecule has 3 unspecified atom stereocenters. The second-order valence-corrected chi connectivity index (χ2v) is 6.79. The van der Waals surface area contributed by atoms with Gasteiger partial charge >= 0.3 is 0 Å². The van der Waals surface area contributed by atoms with E-state index in [-0.39, 0.29) is 0 Å². The van der Waals surface area contributed by atoms with E-state index in [1.54, 1.807) is 12.7 Å². The van der Waals surface area contributed by atoms with Crippen molar-refractivity contribution in [3.05, 3.63) is 29.3 Å². The van der Waals surface area contributed by atoms with E-state index in [1.807, 2.05) is 0 Å². The maximum absolute atomic E-state index is 6.31. The Morgan fingerprint density at radius 3 is 3.05 bits per heavy atom. The highest BCUT2D eigenvalue weighted by Gasteiger charge is 2.53. The summed E-state index contributed by atoms with van der Waals surface area (Å²) in [6, 6.07) is 7.24. The lowest BCUT2D eigenvalue weighted by molar-refractivity contribution is -0.0119. The van der Waals surface area contributed by atoms with Crippen molar-refractivity contribution in [3.8, 4) is 5.75 Å². The van der Waals surface area contributed by atoms with Gasteiger partial charge in [0.2, 0.25) is 0 Å². The van der Waals surface area contributed by atoms with Crippen LogP contribution in [-0.4, -0.2) is 24.7 Å². The lowest BCUT2D eigenvalue weighted by Crippen LogP contribution is -2.62. The second-order valence-electron chi connectivity index (χ2n) is 6.79. The summed E-state index contributed by atoms with van der Waals surface area (Å²) in [5.41, 5.74) is 3.45. The Balaban J connectivity index is 1.88. The van der Waals surface area contributed by atoms with Gasteiger partial charge in [-0.25, -0.2) is 5.01 Å². The van der Waals surface area contributed by atoms with Gasteiger partial charge in [-0.2, -0.15) is 0 Å². The fraction of sp³-hybridized carbons (Fsp3) is 0.647. The Labute approximate surface area is 121 Å². The molecule has 3 aliphatic rings. The quantitative estimate of drug-likeness (QED) is 0.799. The van der Waals surface area contributed by atoms with Crippen LogP contribution < -0.4 is 10.6 Å². The third-order valence-corrected chi connectivity index (χ3v) is 6.09. The molecule has 1 saturated carbocycles. The molecule has 108 valence electrons. The molecule has 1 heterocycles. The van der Waals surface area contributed by atoms with Gasteiger partial charge in [0.25, 0.3) is 0 Å². The van der Waals surface area contributed by atoms with Crippen LogP contribution in [0.2, 0.25) is 0 Å². The molecule has 3 atom stereocenters. The number of methoxy groups -OCH3 is 1. The smallest absolute Gasteiger partial charge is 0.119 e. The minimum Gasteiger partial charge on any atom is -0.497 e. The maximum atomic E-state index is 6.31. The summed E-state index contributed by atoms with van der Waals surface area (Å²) in [5, 5.41) is 2.13. The molecule has 2 fully saturated rings. The van der Waals surface area contributed by atoms with Crippen LogP contribution in [0.1, 0.15) is 43.2 Å².